The van der Waals surface area contributed by atoms with Gasteiger partial charge in [0.05, 0.1) is 4.90 Å². The van der Waals surface area contributed by atoms with E-state index < -0.39 is 10.0 Å². The van der Waals surface area contributed by atoms with Crippen molar-refractivity contribution in [1.82, 2.24) is 19.4 Å². The molecule has 0 atom stereocenters. The smallest absolute Gasteiger partial charge is 0.243 e. The molecular formula is C18H30N4O3S. The molecule has 1 amide bonds. The Bertz CT molecular complexity index is 700. The molecule has 7 nitrogen and oxygen atoms in total. The first-order valence-corrected chi connectivity index (χ1v) is 10.5. The predicted octanol–water partition coefficient (Wildman–Crippen LogP) is 0.369. The Hall–Kier alpha value is -1.48. The maximum atomic E-state index is 13.1. The molecule has 1 aromatic carbocycles. The van der Waals surface area contributed by atoms with Crippen molar-refractivity contribution < 1.29 is 13.2 Å². The summed E-state index contributed by atoms with van der Waals surface area (Å²) in [6, 6.07) is 6.98. The molecule has 146 valence electrons. The lowest BCUT2D eigenvalue weighted by Gasteiger charge is -2.29. The van der Waals surface area contributed by atoms with Crippen LogP contribution in [0.2, 0.25) is 0 Å². The fourth-order valence-electron chi connectivity index (χ4n) is 2.94. The van der Waals surface area contributed by atoms with Crippen molar-refractivity contribution in [1.29, 1.82) is 0 Å². The lowest BCUT2D eigenvalue weighted by molar-refractivity contribution is -0.131. The molecule has 0 aromatic heterocycles. The number of hydrogen-bond donors (Lipinski definition) is 1. The van der Waals surface area contributed by atoms with Crippen molar-refractivity contribution in [3.05, 3.63) is 29.8 Å². The second-order valence-corrected chi connectivity index (χ2v) is 8.76. The zero-order chi connectivity index (χ0) is 19.2. The van der Waals surface area contributed by atoms with Crippen molar-refractivity contribution >= 4 is 15.9 Å². The number of carbonyl (C=O) groups excluding carboxylic acids is 1. The third-order valence-corrected chi connectivity index (χ3v) is 6.61. The Balaban J connectivity index is 2.12. The quantitative estimate of drug-likeness (QED) is 0.703. The fraction of sp³-hybridized carbons (Fsp3) is 0.611. The van der Waals surface area contributed by atoms with Crippen LogP contribution in [-0.4, -0.2) is 88.3 Å². The fourth-order valence-corrected chi connectivity index (χ4v) is 4.60. The molecule has 2 rings (SSSR count). The van der Waals surface area contributed by atoms with E-state index >= 15 is 0 Å². The van der Waals surface area contributed by atoms with E-state index in [1.54, 1.807) is 30.0 Å². The van der Waals surface area contributed by atoms with E-state index in [1.165, 1.54) is 4.31 Å². The van der Waals surface area contributed by atoms with Gasteiger partial charge in [-0.05, 0) is 32.6 Å². The second-order valence-electron chi connectivity index (χ2n) is 6.85. The summed E-state index contributed by atoms with van der Waals surface area (Å²) in [5.74, 6) is 0.0151. The highest BCUT2D eigenvalue weighted by molar-refractivity contribution is 7.89. The number of nitrogens with zero attached hydrogens (tertiary/aromatic N) is 3. The van der Waals surface area contributed by atoms with E-state index in [0.717, 1.165) is 18.7 Å². The predicted molar refractivity (Wildman–Crippen MR) is 103 cm³/mol. The van der Waals surface area contributed by atoms with Gasteiger partial charge in [0.25, 0.3) is 0 Å². The minimum absolute atomic E-state index is 0.0151. The summed E-state index contributed by atoms with van der Waals surface area (Å²) in [5, 5.41) is 3.21. The molecule has 0 saturated carbocycles. The van der Waals surface area contributed by atoms with Crippen molar-refractivity contribution in [2.75, 3.05) is 59.9 Å². The van der Waals surface area contributed by atoms with Crippen LogP contribution < -0.4 is 5.32 Å². The van der Waals surface area contributed by atoms with Crippen molar-refractivity contribution in [2.24, 2.45) is 0 Å². The van der Waals surface area contributed by atoms with E-state index in [4.69, 9.17) is 0 Å². The lowest BCUT2D eigenvalue weighted by atomic mass is 10.2. The van der Waals surface area contributed by atoms with Gasteiger partial charge in [-0.15, -0.1) is 0 Å². The first-order valence-electron chi connectivity index (χ1n) is 9.01. The Kier molecular flexibility index (Phi) is 7.57. The Morgan fingerprint density at radius 2 is 1.77 bits per heavy atom. The summed E-state index contributed by atoms with van der Waals surface area (Å²) in [6.07, 6.45) is 0.207. The third-order valence-electron chi connectivity index (χ3n) is 4.55. The number of benzene rings is 1. The molecule has 1 aromatic rings. The molecule has 1 heterocycles. The van der Waals surface area contributed by atoms with E-state index in [9.17, 15) is 13.2 Å². The van der Waals surface area contributed by atoms with Gasteiger partial charge < -0.3 is 15.1 Å². The summed E-state index contributed by atoms with van der Waals surface area (Å²) in [6.45, 7) is 5.90. The van der Waals surface area contributed by atoms with Crippen LogP contribution in [0.15, 0.2) is 29.2 Å². The van der Waals surface area contributed by atoms with Crippen LogP contribution in [0.25, 0.3) is 0 Å². The second kappa shape index (κ2) is 9.45. The van der Waals surface area contributed by atoms with Crippen molar-refractivity contribution in [3.63, 3.8) is 0 Å². The van der Waals surface area contributed by atoms with Crippen molar-refractivity contribution in [2.45, 2.75) is 18.2 Å². The summed E-state index contributed by atoms with van der Waals surface area (Å²) < 4.78 is 27.7. The number of aryl methyl sites for hydroxylation is 1. The van der Waals surface area contributed by atoms with Gasteiger partial charge in [-0.1, -0.05) is 18.2 Å². The molecule has 0 bridgehead atoms. The number of sulfonamides is 1. The number of piperazine rings is 1. The molecule has 8 heteroatoms. The average Bonchev–Trinajstić information content (AvgIpc) is 2.62. The van der Waals surface area contributed by atoms with E-state index in [0.29, 0.717) is 31.1 Å². The molecule has 26 heavy (non-hydrogen) atoms. The largest absolute Gasteiger partial charge is 0.340 e. The Labute approximate surface area is 157 Å². The zero-order valence-corrected chi connectivity index (χ0v) is 16.8. The van der Waals surface area contributed by atoms with Gasteiger partial charge >= 0.3 is 0 Å². The molecule has 0 aliphatic carbocycles. The van der Waals surface area contributed by atoms with E-state index in [2.05, 4.69) is 5.32 Å². The monoisotopic (exact) mass is 382 g/mol. The average molecular weight is 383 g/mol. The lowest BCUT2D eigenvalue weighted by Crippen LogP contribution is -2.47. The zero-order valence-electron chi connectivity index (χ0n) is 15.9. The van der Waals surface area contributed by atoms with E-state index in [1.807, 2.05) is 25.1 Å². The normalized spacial score (nSPS) is 15.7. The minimum atomic E-state index is -3.63. The molecule has 1 N–H and O–H groups in total. The van der Waals surface area contributed by atoms with Gasteiger partial charge in [-0.2, -0.15) is 4.31 Å². The highest BCUT2D eigenvalue weighted by atomic mass is 32.2. The van der Waals surface area contributed by atoms with Crippen LogP contribution >= 0.6 is 0 Å². The number of carbonyl (C=O) groups is 1. The molecule has 0 spiro atoms. The number of likely N-dealkylation sites (N-methyl/N-ethyl adjacent to an activating group) is 1. The van der Waals surface area contributed by atoms with E-state index in [-0.39, 0.29) is 18.9 Å². The molecule has 0 unspecified atom stereocenters. The SMILES string of the molecule is Cc1ccccc1S(=O)(=O)N(CCC(=O)N1CCNCC1)CCN(C)C. The standard InChI is InChI=1S/C18H30N4O3S/c1-16-6-4-5-7-17(16)26(24,25)22(15-14-20(2)3)11-8-18(23)21-12-9-19-10-13-21/h4-7,19H,8-15H2,1-3H3. The maximum Gasteiger partial charge on any atom is 0.243 e. The van der Waals surface area contributed by atoms with Gasteiger partial charge in [0.1, 0.15) is 0 Å². The first kappa shape index (κ1) is 20.8. The van der Waals surface area contributed by atoms with Crippen molar-refractivity contribution in [3.8, 4) is 0 Å². The topological polar surface area (TPSA) is 73.0 Å². The number of nitrogens with one attached hydrogen (secondary N) is 1. The van der Waals surface area contributed by atoms with Gasteiger partial charge in [0.2, 0.25) is 15.9 Å². The van der Waals surface area contributed by atoms with Crippen LogP contribution in [0.5, 0.6) is 0 Å². The summed E-state index contributed by atoms with van der Waals surface area (Å²) in [7, 11) is 0.184. The van der Waals surface area contributed by atoms with Gasteiger partial charge in [0.15, 0.2) is 0 Å². The van der Waals surface area contributed by atoms with Gasteiger partial charge in [-0.3, -0.25) is 4.79 Å². The maximum absolute atomic E-state index is 13.1. The molecule has 0 radical (unpaired) electrons. The highest BCUT2D eigenvalue weighted by Crippen LogP contribution is 2.20. The molecule has 1 saturated heterocycles. The van der Waals surface area contributed by atoms with Crippen LogP contribution in [-0.2, 0) is 14.8 Å². The van der Waals surface area contributed by atoms with Crippen LogP contribution in [0.4, 0.5) is 0 Å². The summed E-state index contributed by atoms with van der Waals surface area (Å²) in [5.41, 5.74) is 0.718. The number of amides is 1. The Morgan fingerprint density at radius 1 is 1.12 bits per heavy atom. The first-order chi connectivity index (χ1) is 12.3. The van der Waals surface area contributed by atoms with Crippen LogP contribution in [0, 0.1) is 6.92 Å². The van der Waals surface area contributed by atoms with Gasteiger partial charge in [0, 0.05) is 52.2 Å². The molecular weight excluding hydrogens is 352 g/mol. The van der Waals surface area contributed by atoms with Crippen LogP contribution in [0.1, 0.15) is 12.0 Å². The molecule has 1 aliphatic rings. The summed E-state index contributed by atoms with van der Waals surface area (Å²) >= 11 is 0. The Morgan fingerprint density at radius 3 is 2.38 bits per heavy atom. The molecule has 1 aliphatic heterocycles. The minimum Gasteiger partial charge on any atom is -0.340 e. The third kappa shape index (κ3) is 5.51. The highest BCUT2D eigenvalue weighted by Gasteiger charge is 2.27. The summed E-state index contributed by atoms with van der Waals surface area (Å²) in [4.78, 5) is 16.5. The van der Waals surface area contributed by atoms with Gasteiger partial charge in [-0.25, -0.2) is 8.42 Å². The number of rotatable bonds is 8. The van der Waals surface area contributed by atoms with Crippen LogP contribution in [0.3, 0.4) is 0 Å². The number of hydrogen-bond acceptors (Lipinski definition) is 5. The molecule has 1 fully saturated rings.